The lowest BCUT2D eigenvalue weighted by atomic mass is 10.2. The van der Waals surface area contributed by atoms with Gasteiger partial charge in [-0.15, -0.1) is 0 Å². The molecule has 0 unspecified atom stereocenters. The molecule has 0 amide bonds. The summed E-state index contributed by atoms with van der Waals surface area (Å²) in [5, 5.41) is 0.559. The summed E-state index contributed by atoms with van der Waals surface area (Å²) < 4.78 is 23.5. The summed E-state index contributed by atoms with van der Waals surface area (Å²) in [4.78, 5) is 23.4. The van der Waals surface area contributed by atoms with Gasteiger partial charge in [-0.1, -0.05) is 23.7 Å². The minimum atomic E-state index is -0.608. The van der Waals surface area contributed by atoms with E-state index in [0.717, 1.165) is 5.56 Å². The highest BCUT2D eigenvalue weighted by atomic mass is 35.5. The Morgan fingerprint density at radius 2 is 1.62 bits per heavy atom. The molecule has 2 aromatic rings. The SMILES string of the molecule is Cc1cc(Cl)ccc1OC(=O)CCCC(=O)Oc1ccccc1F. The van der Waals surface area contributed by atoms with Crippen LogP contribution in [-0.2, 0) is 9.59 Å². The zero-order chi connectivity index (χ0) is 17.5. The predicted molar refractivity (Wildman–Crippen MR) is 87.7 cm³/mol. The fraction of sp³-hybridized carbons (Fsp3) is 0.222. The van der Waals surface area contributed by atoms with E-state index in [4.69, 9.17) is 21.1 Å². The quantitative estimate of drug-likeness (QED) is 0.569. The molecule has 0 aromatic heterocycles. The van der Waals surface area contributed by atoms with Crippen LogP contribution in [0.25, 0.3) is 0 Å². The molecular formula is C18H16ClFO4. The van der Waals surface area contributed by atoms with Crippen LogP contribution in [0.4, 0.5) is 4.39 Å². The average molecular weight is 351 g/mol. The fourth-order valence-corrected chi connectivity index (χ4v) is 2.21. The number of esters is 2. The normalized spacial score (nSPS) is 10.3. The van der Waals surface area contributed by atoms with Gasteiger partial charge in [-0.3, -0.25) is 9.59 Å². The maximum atomic E-state index is 13.3. The lowest BCUT2D eigenvalue weighted by molar-refractivity contribution is -0.136. The van der Waals surface area contributed by atoms with Crippen molar-refractivity contribution in [2.75, 3.05) is 0 Å². The topological polar surface area (TPSA) is 52.6 Å². The van der Waals surface area contributed by atoms with Crippen molar-refractivity contribution in [3.63, 3.8) is 0 Å². The summed E-state index contributed by atoms with van der Waals surface area (Å²) in [7, 11) is 0. The first-order valence-electron chi connectivity index (χ1n) is 7.38. The van der Waals surface area contributed by atoms with Gasteiger partial charge >= 0.3 is 11.9 Å². The number of benzene rings is 2. The molecule has 0 saturated heterocycles. The number of hydrogen-bond donors (Lipinski definition) is 0. The molecule has 0 aliphatic carbocycles. The number of carbonyl (C=O) groups is 2. The lowest BCUT2D eigenvalue weighted by Crippen LogP contribution is -2.12. The van der Waals surface area contributed by atoms with Crippen LogP contribution in [0.1, 0.15) is 24.8 Å². The Balaban J connectivity index is 1.76. The van der Waals surface area contributed by atoms with Crippen LogP contribution in [-0.4, -0.2) is 11.9 Å². The van der Waals surface area contributed by atoms with Crippen molar-refractivity contribution in [3.8, 4) is 11.5 Å². The number of para-hydroxylation sites is 1. The molecule has 0 atom stereocenters. The number of carbonyl (C=O) groups excluding carboxylic acids is 2. The molecule has 0 radical (unpaired) electrons. The van der Waals surface area contributed by atoms with E-state index in [1.807, 2.05) is 0 Å². The maximum absolute atomic E-state index is 13.3. The zero-order valence-corrected chi connectivity index (χ0v) is 13.8. The molecule has 24 heavy (non-hydrogen) atoms. The first kappa shape index (κ1) is 17.9. The van der Waals surface area contributed by atoms with Crippen LogP contribution in [0.5, 0.6) is 11.5 Å². The summed E-state index contributed by atoms with van der Waals surface area (Å²) in [5.74, 6) is -1.36. The van der Waals surface area contributed by atoms with Gasteiger partial charge in [-0.2, -0.15) is 0 Å². The third kappa shape index (κ3) is 5.35. The predicted octanol–water partition coefficient (Wildman–Crippen LogP) is 4.47. The smallest absolute Gasteiger partial charge is 0.311 e. The molecule has 0 bridgehead atoms. The van der Waals surface area contributed by atoms with Gasteiger partial charge in [-0.05, 0) is 49.2 Å². The fourth-order valence-electron chi connectivity index (χ4n) is 1.98. The lowest BCUT2D eigenvalue weighted by Gasteiger charge is -2.08. The second kappa shape index (κ2) is 8.45. The van der Waals surface area contributed by atoms with Gasteiger partial charge in [0.1, 0.15) is 5.75 Å². The van der Waals surface area contributed by atoms with E-state index < -0.39 is 17.8 Å². The van der Waals surface area contributed by atoms with Gasteiger partial charge in [0.05, 0.1) is 0 Å². The molecule has 0 aliphatic heterocycles. The van der Waals surface area contributed by atoms with Crippen molar-refractivity contribution in [1.82, 2.24) is 0 Å². The summed E-state index contributed by atoms with van der Waals surface area (Å²) in [6.07, 6.45) is 0.288. The summed E-state index contributed by atoms with van der Waals surface area (Å²) >= 11 is 5.83. The Morgan fingerprint density at radius 3 is 2.25 bits per heavy atom. The number of aryl methyl sites for hydroxylation is 1. The molecule has 0 spiro atoms. The first-order valence-corrected chi connectivity index (χ1v) is 7.75. The van der Waals surface area contributed by atoms with Crippen LogP contribution in [0.2, 0.25) is 5.02 Å². The van der Waals surface area contributed by atoms with Crippen molar-refractivity contribution < 1.29 is 23.5 Å². The monoisotopic (exact) mass is 350 g/mol. The van der Waals surface area contributed by atoms with E-state index in [0.29, 0.717) is 10.8 Å². The van der Waals surface area contributed by atoms with Crippen molar-refractivity contribution in [3.05, 3.63) is 58.9 Å². The number of hydrogen-bond acceptors (Lipinski definition) is 4. The summed E-state index contributed by atoms with van der Waals surface area (Å²) in [5.41, 5.74) is 0.745. The van der Waals surface area contributed by atoms with Gasteiger partial charge < -0.3 is 9.47 Å². The molecule has 2 aromatic carbocycles. The molecule has 0 N–H and O–H groups in total. The minimum Gasteiger partial charge on any atom is -0.426 e. The van der Waals surface area contributed by atoms with E-state index >= 15 is 0 Å². The Bertz CT molecular complexity index is 746. The van der Waals surface area contributed by atoms with Gasteiger partial charge in [0.15, 0.2) is 11.6 Å². The largest absolute Gasteiger partial charge is 0.426 e. The Labute approximate surface area is 144 Å². The number of ether oxygens (including phenoxy) is 2. The second-order valence-corrected chi connectivity index (χ2v) is 5.58. The molecule has 0 heterocycles. The third-order valence-electron chi connectivity index (χ3n) is 3.18. The van der Waals surface area contributed by atoms with Crippen molar-refractivity contribution in [2.24, 2.45) is 0 Å². The molecule has 126 valence electrons. The average Bonchev–Trinajstić information content (AvgIpc) is 2.52. The Morgan fingerprint density at radius 1 is 1.00 bits per heavy atom. The standard InChI is InChI=1S/C18H16ClFO4/c1-12-11-13(19)9-10-15(12)23-17(21)7-4-8-18(22)24-16-6-3-2-5-14(16)20/h2-3,5-6,9-11H,4,7-8H2,1H3. The highest BCUT2D eigenvalue weighted by Crippen LogP contribution is 2.22. The second-order valence-electron chi connectivity index (χ2n) is 5.14. The summed E-state index contributed by atoms with van der Waals surface area (Å²) in [6.45, 7) is 1.78. The van der Waals surface area contributed by atoms with Gasteiger partial charge in [0, 0.05) is 17.9 Å². The van der Waals surface area contributed by atoms with Gasteiger partial charge in [0.25, 0.3) is 0 Å². The van der Waals surface area contributed by atoms with Gasteiger partial charge in [-0.25, -0.2) is 4.39 Å². The van der Waals surface area contributed by atoms with E-state index in [9.17, 15) is 14.0 Å². The molecule has 0 fully saturated rings. The first-order chi connectivity index (χ1) is 11.5. The molecule has 6 heteroatoms. The summed E-state index contributed by atoms with van der Waals surface area (Å²) in [6, 6.07) is 10.6. The maximum Gasteiger partial charge on any atom is 0.311 e. The van der Waals surface area contributed by atoms with Crippen LogP contribution in [0, 0.1) is 12.7 Å². The van der Waals surface area contributed by atoms with Crippen molar-refractivity contribution in [1.29, 1.82) is 0 Å². The molecule has 0 aliphatic rings. The zero-order valence-electron chi connectivity index (χ0n) is 13.1. The van der Waals surface area contributed by atoms with Crippen LogP contribution >= 0.6 is 11.6 Å². The van der Waals surface area contributed by atoms with Crippen LogP contribution in [0.3, 0.4) is 0 Å². The van der Waals surface area contributed by atoms with Crippen LogP contribution in [0.15, 0.2) is 42.5 Å². The Hall–Kier alpha value is -2.40. The van der Waals surface area contributed by atoms with E-state index in [1.165, 1.54) is 18.2 Å². The highest BCUT2D eigenvalue weighted by molar-refractivity contribution is 6.30. The van der Waals surface area contributed by atoms with E-state index in [2.05, 4.69) is 0 Å². The van der Waals surface area contributed by atoms with Crippen LogP contribution < -0.4 is 9.47 Å². The number of halogens is 2. The highest BCUT2D eigenvalue weighted by Gasteiger charge is 2.12. The minimum absolute atomic E-state index is 0.0109. The Kier molecular flexibility index (Phi) is 6.32. The van der Waals surface area contributed by atoms with E-state index in [-0.39, 0.29) is 25.0 Å². The molecular weight excluding hydrogens is 335 g/mol. The third-order valence-corrected chi connectivity index (χ3v) is 3.42. The van der Waals surface area contributed by atoms with Gasteiger partial charge in [0.2, 0.25) is 0 Å². The number of rotatable bonds is 6. The van der Waals surface area contributed by atoms with Crippen molar-refractivity contribution >= 4 is 23.5 Å². The van der Waals surface area contributed by atoms with E-state index in [1.54, 1.807) is 31.2 Å². The molecule has 2 rings (SSSR count). The van der Waals surface area contributed by atoms with Crippen molar-refractivity contribution in [2.45, 2.75) is 26.2 Å². The molecule has 4 nitrogen and oxygen atoms in total. The molecule has 0 saturated carbocycles.